The summed E-state index contributed by atoms with van der Waals surface area (Å²) >= 11 is 0. The van der Waals surface area contributed by atoms with Crippen LogP contribution in [0.3, 0.4) is 0 Å². The number of nitrogens with two attached hydrogens (primary N) is 1. The van der Waals surface area contributed by atoms with Crippen LogP contribution in [0.1, 0.15) is 27.5 Å². The molecule has 19 heavy (non-hydrogen) atoms. The van der Waals surface area contributed by atoms with Gasteiger partial charge >= 0.3 is 0 Å². The summed E-state index contributed by atoms with van der Waals surface area (Å²) in [7, 11) is 0. The van der Waals surface area contributed by atoms with Gasteiger partial charge in [-0.1, -0.05) is 5.16 Å². The number of carbonyl (C=O) groups is 1. The second-order valence-electron chi connectivity index (χ2n) is 4.13. The van der Waals surface area contributed by atoms with Crippen LogP contribution in [0.15, 0.2) is 22.9 Å². The molecule has 7 nitrogen and oxygen atoms in total. The number of hydrogen-bond acceptors (Lipinski definition) is 6. The zero-order valence-electron chi connectivity index (χ0n) is 10.7. The van der Waals surface area contributed by atoms with E-state index < -0.39 is 0 Å². The van der Waals surface area contributed by atoms with E-state index in [1.165, 1.54) is 6.20 Å². The Balaban J connectivity index is 2.07. The zero-order valence-corrected chi connectivity index (χ0v) is 10.7. The first-order valence-electron chi connectivity index (χ1n) is 5.74. The van der Waals surface area contributed by atoms with Crippen LogP contribution < -0.4 is 16.6 Å². The number of pyridine rings is 1. The van der Waals surface area contributed by atoms with Gasteiger partial charge in [-0.25, -0.2) is 0 Å². The fourth-order valence-corrected chi connectivity index (χ4v) is 1.62. The number of nitrogen functional groups attached to an aromatic ring is 1. The first-order chi connectivity index (χ1) is 9.10. The maximum Gasteiger partial charge on any atom is 0.255 e. The van der Waals surface area contributed by atoms with Crippen molar-refractivity contribution in [3.8, 4) is 0 Å². The van der Waals surface area contributed by atoms with E-state index in [2.05, 4.69) is 20.9 Å². The van der Waals surface area contributed by atoms with Crippen molar-refractivity contribution in [3.05, 3.63) is 41.0 Å². The molecule has 1 amide bonds. The molecule has 0 aromatic carbocycles. The van der Waals surface area contributed by atoms with E-state index in [1.807, 2.05) is 13.8 Å². The van der Waals surface area contributed by atoms with Crippen molar-refractivity contribution >= 4 is 11.6 Å². The molecule has 7 heteroatoms. The van der Waals surface area contributed by atoms with Crippen LogP contribution in [0.2, 0.25) is 0 Å². The van der Waals surface area contributed by atoms with Crippen molar-refractivity contribution < 1.29 is 9.32 Å². The minimum Gasteiger partial charge on any atom is -0.359 e. The van der Waals surface area contributed by atoms with Gasteiger partial charge in [0.05, 0.1) is 23.5 Å². The molecule has 0 aliphatic rings. The molecule has 0 atom stereocenters. The van der Waals surface area contributed by atoms with Gasteiger partial charge in [0.2, 0.25) is 0 Å². The quantitative estimate of drug-likeness (QED) is 0.557. The summed E-state index contributed by atoms with van der Waals surface area (Å²) in [5.74, 6) is 5.69. The monoisotopic (exact) mass is 261 g/mol. The molecule has 0 radical (unpaired) electrons. The largest absolute Gasteiger partial charge is 0.359 e. The fraction of sp³-hybridized carbons (Fsp3) is 0.250. The third kappa shape index (κ3) is 3.08. The Morgan fingerprint density at radius 3 is 2.79 bits per heavy atom. The number of aryl methyl sites for hydroxylation is 2. The van der Waals surface area contributed by atoms with Crippen molar-refractivity contribution in [1.82, 2.24) is 15.5 Å². The third-order valence-electron chi connectivity index (χ3n) is 2.54. The van der Waals surface area contributed by atoms with Crippen molar-refractivity contribution in [2.24, 2.45) is 5.84 Å². The smallest absolute Gasteiger partial charge is 0.255 e. The predicted molar refractivity (Wildman–Crippen MR) is 69.2 cm³/mol. The zero-order chi connectivity index (χ0) is 13.8. The van der Waals surface area contributed by atoms with Crippen molar-refractivity contribution in [1.29, 1.82) is 0 Å². The molecule has 0 unspecified atom stereocenters. The van der Waals surface area contributed by atoms with Gasteiger partial charge in [-0.2, -0.15) is 0 Å². The summed E-state index contributed by atoms with van der Waals surface area (Å²) in [4.78, 5) is 16.1. The lowest BCUT2D eigenvalue weighted by Crippen LogP contribution is -2.25. The van der Waals surface area contributed by atoms with Crippen LogP contribution in [-0.4, -0.2) is 16.0 Å². The first-order valence-corrected chi connectivity index (χ1v) is 5.74. The highest BCUT2D eigenvalue weighted by Gasteiger charge is 2.12. The van der Waals surface area contributed by atoms with Gasteiger partial charge in [0.1, 0.15) is 0 Å². The highest BCUT2D eigenvalue weighted by molar-refractivity contribution is 5.99. The van der Waals surface area contributed by atoms with Gasteiger partial charge in [0, 0.05) is 18.0 Å². The molecule has 0 fully saturated rings. The number of amides is 1. The average Bonchev–Trinajstić information content (AvgIpc) is 2.81. The average molecular weight is 261 g/mol. The molecule has 2 aromatic heterocycles. The summed E-state index contributed by atoms with van der Waals surface area (Å²) in [6.45, 7) is 3.90. The second kappa shape index (κ2) is 5.49. The molecular formula is C12H15N5O2. The molecule has 0 spiro atoms. The lowest BCUT2D eigenvalue weighted by Gasteiger charge is -2.09. The van der Waals surface area contributed by atoms with E-state index >= 15 is 0 Å². The number of hydrogen-bond donors (Lipinski definition) is 3. The maximum absolute atomic E-state index is 12.0. The van der Waals surface area contributed by atoms with E-state index in [-0.39, 0.29) is 12.5 Å². The number of nitrogens with one attached hydrogen (secondary N) is 2. The van der Waals surface area contributed by atoms with Crippen LogP contribution in [0.4, 0.5) is 5.69 Å². The van der Waals surface area contributed by atoms with Gasteiger partial charge in [-0.3, -0.25) is 15.6 Å². The summed E-state index contributed by atoms with van der Waals surface area (Å²) in [6, 6.07) is 3.46. The second-order valence-corrected chi connectivity index (χ2v) is 4.13. The highest BCUT2D eigenvalue weighted by atomic mass is 16.5. The molecule has 100 valence electrons. The van der Waals surface area contributed by atoms with E-state index in [1.54, 1.807) is 12.1 Å². The Kier molecular flexibility index (Phi) is 3.76. The number of anilines is 1. The Morgan fingerprint density at radius 2 is 2.16 bits per heavy atom. The van der Waals surface area contributed by atoms with Gasteiger partial charge in [0.25, 0.3) is 5.91 Å². The number of rotatable bonds is 4. The van der Waals surface area contributed by atoms with Crippen molar-refractivity contribution in [2.75, 3.05) is 5.43 Å². The molecule has 0 aliphatic carbocycles. The molecule has 2 heterocycles. The minimum atomic E-state index is -0.283. The van der Waals surface area contributed by atoms with Gasteiger partial charge in [0.15, 0.2) is 5.76 Å². The molecule has 0 aliphatic heterocycles. The number of hydrazine groups is 1. The number of aromatic nitrogens is 2. The Labute approximate surface area is 110 Å². The lowest BCUT2D eigenvalue weighted by atomic mass is 10.2. The van der Waals surface area contributed by atoms with E-state index in [0.717, 1.165) is 11.4 Å². The number of carbonyl (C=O) groups excluding carboxylic acids is 1. The maximum atomic E-state index is 12.0. The van der Waals surface area contributed by atoms with Crippen molar-refractivity contribution in [2.45, 2.75) is 20.4 Å². The van der Waals surface area contributed by atoms with Gasteiger partial charge in [-0.15, -0.1) is 0 Å². The van der Waals surface area contributed by atoms with Gasteiger partial charge in [-0.05, 0) is 19.9 Å². The molecule has 2 aromatic rings. The molecule has 2 rings (SSSR count). The van der Waals surface area contributed by atoms with Crippen molar-refractivity contribution in [3.63, 3.8) is 0 Å². The minimum absolute atomic E-state index is 0.261. The Morgan fingerprint density at radius 1 is 1.37 bits per heavy atom. The van der Waals surface area contributed by atoms with E-state index in [4.69, 9.17) is 10.4 Å². The molecular weight excluding hydrogens is 246 g/mol. The summed E-state index contributed by atoms with van der Waals surface area (Å²) in [5.41, 5.74) is 4.93. The Bertz CT molecular complexity index is 594. The lowest BCUT2D eigenvalue weighted by molar-refractivity contribution is 0.0947. The summed E-state index contributed by atoms with van der Waals surface area (Å²) in [5, 5.41) is 6.46. The number of nitrogens with zero attached hydrogens (tertiary/aromatic N) is 2. The van der Waals surface area contributed by atoms with Crippen LogP contribution in [0, 0.1) is 13.8 Å². The molecule has 0 bridgehead atoms. The summed E-state index contributed by atoms with van der Waals surface area (Å²) in [6.07, 6.45) is 1.48. The Hall–Kier alpha value is -2.41. The first kappa shape index (κ1) is 13.0. The highest BCUT2D eigenvalue weighted by Crippen LogP contribution is 2.14. The standard InChI is InChI=1S/C12H15N5O2/c1-7-4-11(16-13)10(6-14-7)12(18)15-5-9-3-8(2)17-19-9/h3-4,6H,5,13H2,1-2H3,(H,14,16)(H,15,18). The van der Waals surface area contributed by atoms with Crippen LogP contribution in [0.25, 0.3) is 0 Å². The predicted octanol–water partition coefficient (Wildman–Crippen LogP) is 0.902. The SMILES string of the molecule is Cc1cc(NN)c(C(=O)NCc2cc(C)no2)cn1. The topological polar surface area (TPSA) is 106 Å². The summed E-state index contributed by atoms with van der Waals surface area (Å²) < 4.78 is 5.01. The van der Waals surface area contributed by atoms with E-state index in [9.17, 15) is 4.79 Å². The normalized spacial score (nSPS) is 10.3. The van der Waals surface area contributed by atoms with E-state index in [0.29, 0.717) is 17.0 Å². The molecule has 0 saturated carbocycles. The third-order valence-corrected chi connectivity index (χ3v) is 2.54. The fourth-order valence-electron chi connectivity index (χ4n) is 1.62. The van der Waals surface area contributed by atoms with Crippen LogP contribution in [-0.2, 0) is 6.54 Å². The van der Waals surface area contributed by atoms with Gasteiger partial charge < -0.3 is 15.3 Å². The van der Waals surface area contributed by atoms with Crippen LogP contribution >= 0.6 is 0 Å². The van der Waals surface area contributed by atoms with Crippen LogP contribution in [0.5, 0.6) is 0 Å². The molecule has 4 N–H and O–H groups in total. The molecule has 0 saturated heterocycles.